The van der Waals surface area contributed by atoms with Gasteiger partial charge in [-0.2, -0.15) is 0 Å². The quantitative estimate of drug-likeness (QED) is 0.759. The van der Waals surface area contributed by atoms with Crippen molar-refractivity contribution in [1.29, 1.82) is 0 Å². The summed E-state index contributed by atoms with van der Waals surface area (Å²) in [4.78, 5) is 11.5. The molecule has 0 spiro atoms. The molecule has 104 valence electrons. The van der Waals surface area contributed by atoms with Gasteiger partial charge in [-0.05, 0) is 25.7 Å². The molecule has 2 fully saturated rings. The van der Waals surface area contributed by atoms with E-state index in [4.69, 9.17) is 4.74 Å². The summed E-state index contributed by atoms with van der Waals surface area (Å²) in [5.74, 6) is 0.247. The van der Waals surface area contributed by atoms with Gasteiger partial charge in [-0.1, -0.05) is 0 Å². The lowest BCUT2D eigenvalue weighted by molar-refractivity contribution is 0.111. The SMILES string of the molecule is O=C(NCC1CCCO1)NCC1CCCS1(=O)=O. The lowest BCUT2D eigenvalue weighted by Gasteiger charge is -2.13. The van der Waals surface area contributed by atoms with Gasteiger partial charge in [0.2, 0.25) is 0 Å². The van der Waals surface area contributed by atoms with E-state index >= 15 is 0 Å². The summed E-state index contributed by atoms with van der Waals surface area (Å²) in [5, 5.41) is 4.91. The van der Waals surface area contributed by atoms with Crippen molar-refractivity contribution in [3.8, 4) is 0 Å². The maximum atomic E-state index is 11.5. The first kappa shape index (κ1) is 13.6. The maximum Gasteiger partial charge on any atom is 0.314 e. The molecule has 0 saturated carbocycles. The lowest BCUT2D eigenvalue weighted by atomic mass is 10.2. The Balaban J connectivity index is 1.65. The van der Waals surface area contributed by atoms with Crippen LogP contribution in [0.1, 0.15) is 25.7 Å². The summed E-state index contributed by atoms with van der Waals surface area (Å²) in [5.41, 5.74) is 0. The molecule has 0 radical (unpaired) electrons. The first-order valence-electron chi connectivity index (χ1n) is 6.43. The summed E-state index contributed by atoms with van der Waals surface area (Å²) in [6, 6.07) is -0.312. The molecule has 2 saturated heterocycles. The van der Waals surface area contributed by atoms with Gasteiger partial charge in [0.15, 0.2) is 9.84 Å². The summed E-state index contributed by atoms with van der Waals surface area (Å²) in [6.45, 7) is 1.46. The molecule has 2 unspecified atom stereocenters. The van der Waals surface area contributed by atoms with Crippen LogP contribution in [-0.2, 0) is 14.6 Å². The third kappa shape index (κ3) is 3.58. The van der Waals surface area contributed by atoms with Crippen molar-refractivity contribution >= 4 is 15.9 Å². The number of sulfone groups is 1. The average Bonchev–Trinajstić information content (AvgIpc) is 2.93. The first-order chi connectivity index (χ1) is 8.58. The average molecular weight is 276 g/mol. The number of rotatable bonds is 4. The number of hydrogen-bond donors (Lipinski definition) is 2. The molecule has 7 heteroatoms. The van der Waals surface area contributed by atoms with Crippen LogP contribution in [0.5, 0.6) is 0 Å². The fourth-order valence-corrected chi connectivity index (χ4v) is 4.13. The lowest BCUT2D eigenvalue weighted by Crippen LogP contribution is -2.43. The molecule has 0 aromatic rings. The van der Waals surface area contributed by atoms with E-state index in [9.17, 15) is 13.2 Å². The van der Waals surface area contributed by atoms with E-state index in [0.29, 0.717) is 19.4 Å². The second-order valence-electron chi connectivity index (χ2n) is 4.86. The number of carbonyl (C=O) groups excluding carboxylic acids is 1. The second kappa shape index (κ2) is 5.88. The van der Waals surface area contributed by atoms with Crippen LogP contribution in [-0.4, -0.2) is 51.3 Å². The van der Waals surface area contributed by atoms with Crippen molar-refractivity contribution in [2.24, 2.45) is 0 Å². The van der Waals surface area contributed by atoms with Crippen LogP contribution in [0.15, 0.2) is 0 Å². The van der Waals surface area contributed by atoms with Crippen molar-refractivity contribution in [3.63, 3.8) is 0 Å². The van der Waals surface area contributed by atoms with Gasteiger partial charge in [-0.25, -0.2) is 13.2 Å². The van der Waals surface area contributed by atoms with Crippen LogP contribution >= 0.6 is 0 Å². The summed E-state index contributed by atoms with van der Waals surface area (Å²) >= 11 is 0. The molecule has 0 aromatic heterocycles. The van der Waals surface area contributed by atoms with E-state index in [2.05, 4.69) is 10.6 Å². The largest absolute Gasteiger partial charge is 0.376 e. The molecule has 0 aromatic carbocycles. The van der Waals surface area contributed by atoms with Crippen LogP contribution in [0.4, 0.5) is 4.79 Å². The highest BCUT2D eigenvalue weighted by molar-refractivity contribution is 7.92. The highest BCUT2D eigenvalue weighted by Crippen LogP contribution is 2.18. The van der Waals surface area contributed by atoms with E-state index in [1.54, 1.807) is 0 Å². The minimum Gasteiger partial charge on any atom is -0.376 e. The third-order valence-electron chi connectivity index (χ3n) is 3.47. The van der Waals surface area contributed by atoms with Crippen molar-refractivity contribution in [3.05, 3.63) is 0 Å². The van der Waals surface area contributed by atoms with Gasteiger partial charge >= 0.3 is 6.03 Å². The topological polar surface area (TPSA) is 84.5 Å². The van der Waals surface area contributed by atoms with Crippen molar-refractivity contribution in [2.45, 2.75) is 37.0 Å². The van der Waals surface area contributed by atoms with Crippen LogP contribution in [0.3, 0.4) is 0 Å². The molecule has 2 atom stereocenters. The number of urea groups is 1. The smallest absolute Gasteiger partial charge is 0.314 e. The van der Waals surface area contributed by atoms with Crippen molar-refractivity contribution in [2.75, 3.05) is 25.4 Å². The summed E-state index contributed by atoms with van der Waals surface area (Å²) in [7, 11) is -2.98. The molecule has 2 aliphatic rings. The Morgan fingerprint density at radius 2 is 1.94 bits per heavy atom. The Hall–Kier alpha value is -0.820. The summed E-state index contributed by atoms with van der Waals surface area (Å²) < 4.78 is 28.5. The highest BCUT2D eigenvalue weighted by Gasteiger charge is 2.31. The standard InChI is InChI=1S/C11H20N2O4S/c14-11(12-7-9-3-1-5-17-9)13-8-10-4-2-6-18(10,15)16/h9-10H,1-8H2,(H2,12,13,14). The summed E-state index contributed by atoms with van der Waals surface area (Å²) in [6.07, 6.45) is 3.46. The monoisotopic (exact) mass is 276 g/mol. The van der Waals surface area contributed by atoms with E-state index < -0.39 is 15.1 Å². The van der Waals surface area contributed by atoms with Gasteiger partial charge in [-0.3, -0.25) is 0 Å². The zero-order valence-electron chi connectivity index (χ0n) is 10.4. The van der Waals surface area contributed by atoms with E-state index in [-0.39, 0.29) is 24.4 Å². The normalized spacial score (nSPS) is 30.2. The van der Waals surface area contributed by atoms with E-state index in [1.165, 1.54) is 0 Å². The van der Waals surface area contributed by atoms with Crippen LogP contribution in [0.2, 0.25) is 0 Å². The fourth-order valence-electron chi connectivity index (χ4n) is 2.37. The number of hydrogen-bond acceptors (Lipinski definition) is 4. The maximum absolute atomic E-state index is 11.5. The number of carbonyl (C=O) groups is 1. The molecule has 2 rings (SSSR count). The van der Waals surface area contributed by atoms with Gasteiger partial charge in [-0.15, -0.1) is 0 Å². The molecular weight excluding hydrogens is 256 g/mol. The third-order valence-corrected chi connectivity index (χ3v) is 5.74. The van der Waals surface area contributed by atoms with Crippen molar-refractivity contribution in [1.82, 2.24) is 10.6 Å². The molecule has 2 amide bonds. The number of ether oxygens (including phenoxy) is 1. The van der Waals surface area contributed by atoms with Crippen LogP contribution in [0, 0.1) is 0 Å². The molecule has 0 aliphatic carbocycles. The molecule has 6 nitrogen and oxygen atoms in total. The second-order valence-corrected chi connectivity index (χ2v) is 7.26. The number of amides is 2. The molecule has 0 bridgehead atoms. The number of nitrogens with one attached hydrogen (secondary N) is 2. The molecule has 2 N–H and O–H groups in total. The predicted octanol–water partition coefficient (Wildman–Crippen LogP) is 0.0418. The van der Waals surface area contributed by atoms with Gasteiger partial charge < -0.3 is 15.4 Å². The van der Waals surface area contributed by atoms with Gasteiger partial charge in [0.05, 0.1) is 17.1 Å². The van der Waals surface area contributed by atoms with E-state index in [0.717, 1.165) is 19.4 Å². The molecule has 2 aliphatic heterocycles. The van der Waals surface area contributed by atoms with Crippen LogP contribution < -0.4 is 10.6 Å². The molecule has 2 heterocycles. The minimum absolute atomic E-state index is 0.103. The van der Waals surface area contributed by atoms with Gasteiger partial charge in [0.1, 0.15) is 0 Å². The fraction of sp³-hybridized carbons (Fsp3) is 0.909. The predicted molar refractivity (Wildman–Crippen MR) is 67.2 cm³/mol. The Morgan fingerprint density at radius 3 is 2.56 bits per heavy atom. The minimum atomic E-state index is -2.98. The molecular formula is C11H20N2O4S. The molecule has 18 heavy (non-hydrogen) atoms. The zero-order valence-corrected chi connectivity index (χ0v) is 11.2. The van der Waals surface area contributed by atoms with Gasteiger partial charge in [0.25, 0.3) is 0 Å². The Morgan fingerprint density at radius 1 is 1.17 bits per heavy atom. The van der Waals surface area contributed by atoms with Crippen molar-refractivity contribution < 1.29 is 17.9 Å². The Labute approximate surface area is 107 Å². The first-order valence-corrected chi connectivity index (χ1v) is 8.14. The Kier molecular flexibility index (Phi) is 4.45. The highest BCUT2D eigenvalue weighted by atomic mass is 32.2. The van der Waals surface area contributed by atoms with Gasteiger partial charge in [0, 0.05) is 19.7 Å². The van der Waals surface area contributed by atoms with E-state index in [1.807, 2.05) is 0 Å². The van der Waals surface area contributed by atoms with Crippen LogP contribution in [0.25, 0.3) is 0 Å². The zero-order chi connectivity index (χ0) is 13.0. The Bertz CT molecular complexity index is 390.